The maximum atomic E-state index is 13.3. The molecule has 2 aromatic heterocycles. The van der Waals surface area contributed by atoms with Gasteiger partial charge in [-0.15, -0.1) is 0 Å². The molecule has 30 heavy (non-hydrogen) atoms. The third kappa shape index (κ3) is 4.38. The SMILES string of the molecule is C[C@@H]1CCN(Cc2cccc(OC(F)F)c2)CC1c1cc(C(F)F)nc2ncnn12. The Balaban J connectivity index is 1.57. The van der Waals surface area contributed by atoms with E-state index in [1.54, 1.807) is 12.1 Å². The molecule has 3 heterocycles. The molecule has 1 aliphatic rings. The fourth-order valence-corrected chi connectivity index (χ4v) is 3.97. The van der Waals surface area contributed by atoms with E-state index in [9.17, 15) is 17.6 Å². The van der Waals surface area contributed by atoms with Crippen LogP contribution in [0.5, 0.6) is 5.75 Å². The number of alkyl halides is 4. The number of halogens is 4. The van der Waals surface area contributed by atoms with Crippen LogP contribution in [0.2, 0.25) is 0 Å². The molecule has 4 rings (SSSR count). The Morgan fingerprint density at radius 1 is 1.20 bits per heavy atom. The fourth-order valence-electron chi connectivity index (χ4n) is 3.97. The van der Waals surface area contributed by atoms with Crippen LogP contribution in [0.25, 0.3) is 5.78 Å². The normalized spacial score (nSPS) is 20.4. The summed E-state index contributed by atoms with van der Waals surface area (Å²) in [7, 11) is 0. The van der Waals surface area contributed by atoms with Crippen LogP contribution in [-0.2, 0) is 6.54 Å². The summed E-state index contributed by atoms with van der Waals surface area (Å²) < 4.78 is 57.6. The van der Waals surface area contributed by atoms with Crippen molar-refractivity contribution in [3.8, 4) is 5.75 Å². The molecule has 1 unspecified atom stereocenters. The molecule has 1 aromatic carbocycles. The van der Waals surface area contributed by atoms with E-state index >= 15 is 0 Å². The molecule has 0 radical (unpaired) electrons. The Bertz CT molecular complexity index is 1010. The van der Waals surface area contributed by atoms with Crippen molar-refractivity contribution >= 4 is 5.78 Å². The first kappa shape index (κ1) is 20.5. The summed E-state index contributed by atoms with van der Waals surface area (Å²) in [4.78, 5) is 10.0. The van der Waals surface area contributed by atoms with Crippen LogP contribution in [0.15, 0.2) is 36.7 Å². The van der Waals surface area contributed by atoms with E-state index in [0.717, 1.165) is 18.5 Å². The second kappa shape index (κ2) is 8.55. The van der Waals surface area contributed by atoms with Crippen LogP contribution in [0, 0.1) is 5.92 Å². The van der Waals surface area contributed by atoms with Gasteiger partial charge in [0.05, 0.1) is 5.69 Å². The Hall–Kier alpha value is -2.75. The summed E-state index contributed by atoms with van der Waals surface area (Å²) >= 11 is 0. The molecule has 6 nitrogen and oxygen atoms in total. The van der Waals surface area contributed by atoms with Crippen molar-refractivity contribution in [3.05, 3.63) is 53.6 Å². The lowest BCUT2D eigenvalue weighted by molar-refractivity contribution is -0.0499. The van der Waals surface area contributed by atoms with E-state index in [1.165, 1.54) is 23.0 Å². The highest BCUT2D eigenvalue weighted by molar-refractivity contribution is 5.33. The van der Waals surface area contributed by atoms with Crippen molar-refractivity contribution < 1.29 is 22.3 Å². The van der Waals surface area contributed by atoms with Crippen molar-refractivity contribution in [2.75, 3.05) is 13.1 Å². The van der Waals surface area contributed by atoms with Gasteiger partial charge in [0.15, 0.2) is 0 Å². The minimum atomic E-state index is -2.87. The summed E-state index contributed by atoms with van der Waals surface area (Å²) in [5.74, 6) is 0.465. The number of hydrogen-bond donors (Lipinski definition) is 0. The highest BCUT2D eigenvalue weighted by atomic mass is 19.3. The molecule has 3 aromatic rings. The van der Waals surface area contributed by atoms with Gasteiger partial charge in [0.25, 0.3) is 12.2 Å². The van der Waals surface area contributed by atoms with Crippen LogP contribution < -0.4 is 4.74 Å². The standard InChI is InChI=1S/C20H21F4N5O/c1-12-5-6-28(9-13-3-2-4-14(7-13)30-19(23)24)10-15(12)17-8-16(18(21)22)27-20-25-11-26-29(17)20/h2-4,7-8,11-12,15,18-19H,5-6,9-10H2,1H3/t12-,15?/m1/s1. The highest BCUT2D eigenvalue weighted by Gasteiger charge is 2.31. The van der Waals surface area contributed by atoms with Crippen LogP contribution >= 0.6 is 0 Å². The number of nitrogens with zero attached hydrogens (tertiary/aromatic N) is 5. The topological polar surface area (TPSA) is 55.5 Å². The van der Waals surface area contributed by atoms with Crippen LogP contribution in [0.3, 0.4) is 0 Å². The monoisotopic (exact) mass is 423 g/mol. The van der Waals surface area contributed by atoms with Gasteiger partial charge in [-0.25, -0.2) is 18.3 Å². The number of ether oxygens (including phenoxy) is 1. The summed E-state index contributed by atoms with van der Waals surface area (Å²) in [5.41, 5.74) is 1.18. The minimum absolute atomic E-state index is 0.0519. The molecule has 10 heteroatoms. The van der Waals surface area contributed by atoms with Crippen LogP contribution in [0.4, 0.5) is 17.6 Å². The molecule has 0 spiro atoms. The van der Waals surface area contributed by atoms with Crippen LogP contribution in [0.1, 0.15) is 42.6 Å². The zero-order valence-electron chi connectivity index (χ0n) is 16.3. The van der Waals surface area contributed by atoms with Crippen LogP contribution in [-0.4, -0.2) is 44.2 Å². The smallest absolute Gasteiger partial charge is 0.387 e. The number of rotatable bonds is 6. The average Bonchev–Trinajstić information content (AvgIpc) is 3.17. The predicted octanol–water partition coefficient (Wildman–Crippen LogP) is 4.29. The molecular weight excluding hydrogens is 402 g/mol. The molecule has 0 bridgehead atoms. The maximum Gasteiger partial charge on any atom is 0.387 e. The summed E-state index contributed by atoms with van der Waals surface area (Å²) in [6.07, 6.45) is -0.528. The maximum absolute atomic E-state index is 13.3. The lowest BCUT2D eigenvalue weighted by Crippen LogP contribution is -2.38. The molecule has 0 amide bonds. The van der Waals surface area contributed by atoms with Gasteiger partial charge in [0.2, 0.25) is 0 Å². The Morgan fingerprint density at radius 3 is 2.80 bits per heavy atom. The van der Waals surface area contributed by atoms with E-state index < -0.39 is 13.0 Å². The lowest BCUT2D eigenvalue weighted by Gasteiger charge is -2.37. The van der Waals surface area contributed by atoms with Gasteiger partial charge in [-0.2, -0.15) is 18.9 Å². The van der Waals surface area contributed by atoms with Gasteiger partial charge in [0.1, 0.15) is 17.8 Å². The molecular formula is C20H21F4N5O. The zero-order valence-corrected chi connectivity index (χ0v) is 16.3. The first-order valence-corrected chi connectivity index (χ1v) is 9.65. The van der Waals surface area contributed by atoms with Crippen molar-refractivity contribution in [1.82, 2.24) is 24.5 Å². The molecule has 1 saturated heterocycles. The largest absolute Gasteiger partial charge is 0.435 e. The Morgan fingerprint density at radius 2 is 2.03 bits per heavy atom. The number of piperidine rings is 1. The first-order valence-electron chi connectivity index (χ1n) is 9.65. The van der Waals surface area contributed by atoms with E-state index in [2.05, 4.69) is 31.6 Å². The number of likely N-dealkylation sites (tertiary alicyclic amines) is 1. The van der Waals surface area contributed by atoms with E-state index in [1.807, 2.05) is 6.07 Å². The Kier molecular flexibility index (Phi) is 5.85. The average molecular weight is 423 g/mol. The van der Waals surface area contributed by atoms with Gasteiger partial charge in [-0.05, 0) is 42.6 Å². The second-order valence-corrected chi connectivity index (χ2v) is 7.51. The molecule has 160 valence electrons. The van der Waals surface area contributed by atoms with Crippen molar-refractivity contribution in [3.63, 3.8) is 0 Å². The van der Waals surface area contributed by atoms with E-state index in [4.69, 9.17) is 0 Å². The highest BCUT2D eigenvalue weighted by Crippen LogP contribution is 2.34. The van der Waals surface area contributed by atoms with Crippen molar-refractivity contribution in [2.45, 2.75) is 38.8 Å². The van der Waals surface area contributed by atoms with Gasteiger partial charge in [-0.1, -0.05) is 19.1 Å². The van der Waals surface area contributed by atoms with Gasteiger partial charge in [-0.3, -0.25) is 4.90 Å². The molecule has 0 N–H and O–H groups in total. The van der Waals surface area contributed by atoms with Crippen molar-refractivity contribution in [2.24, 2.45) is 5.92 Å². The molecule has 1 fully saturated rings. The van der Waals surface area contributed by atoms with Gasteiger partial charge >= 0.3 is 6.61 Å². The third-order valence-electron chi connectivity index (χ3n) is 5.47. The minimum Gasteiger partial charge on any atom is -0.435 e. The first-order chi connectivity index (χ1) is 14.4. The number of benzene rings is 1. The molecule has 2 atom stereocenters. The zero-order chi connectivity index (χ0) is 21.3. The number of hydrogen-bond acceptors (Lipinski definition) is 5. The quantitative estimate of drug-likeness (QED) is 0.554. The van der Waals surface area contributed by atoms with Gasteiger partial charge < -0.3 is 4.74 Å². The molecule has 0 saturated carbocycles. The molecule has 1 aliphatic heterocycles. The summed E-state index contributed by atoms with van der Waals surface area (Å²) in [6, 6.07) is 8.02. The van der Waals surface area contributed by atoms with Crippen molar-refractivity contribution in [1.29, 1.82) is 0 Å². The van der Waals surface area contributed by atoms with E-state index in [0.29, 0.717) is 18.8 Å². The van der Waals surface area contributed by atoms with Gasteiger partial charge in [0, 0.05) is 19.0 Å². The predicted molar refractivity (Wildman–Crippen MR) is 101 cm³/mol. The lowest BCUT2D eigenvalue weighted by atomic mass is 9.84. The van der Waals surface area contributed by atoms with E-state index in [-0.39, 0.29) is 29.1 Å². The number of fused-ring (bicyclic) bond motifs is 1. The molecule has 0 aliphatic carbocycles. The second-order valence-electron chi connectivity index (χ2n) is 7.51. The third-order valence-corrected chi connectivity index (χ3v) is 5.47. The summed E-state index contributed by atoms with van der Waals surface area (Å²) in [6.45, 7) is 1.18. The Labute approximate surface area is 170 Å². The fraction of sp³-hybridized carbons (Fsp3) is 0.450. The number of aromatic nitrogens is 4. The summed E-state index contributed by atoms with van der Waals surface area (Å²) in [5, 5.41) is 4.17.